The van der Waals surface area contributed by atoms with E-state index in [9.17, 15) is 0 Å². The van der Waals surface area contributed by atoms with Gasteiger partial charge in [-0.3, -0.25) is 0 Å². The first-order valence-corrected chi connectivity index (χ1v) is 7.05. The summed E-state index contributed by atoms with van der Waals surface area (Å²) in [7, 11) is 0. The number of benzene rings is 2. The Morgan fingerprint density at radius 3 is 2.90 bits per heavy atom. The smallest absolute Gasteiger partial charge is 0.258 e. The Bertz CT molecular complexity index is 758. The van der Waals surface area contributed by atoms with Gasteiger partial charge in [0, 0.05) is 12.1 Å². The molecule has 1 saturated heterocycles. The van der Waals surface area contributed by atoms with Crippen LogP contribution in [0.4, 0.5) is 0 Å². The van der Waals surface area contributed by atoms with Crippen LogP contribution in [0.2, 0.25) is 0 Å². The van der Waals surface area contributed by atoms with Crippen molar-refractivity contribution in [2.75, 3.05) is 19.8 Å². The van der Waals surface area contributed by atoms with Gasteiger partial charge in [-0.2, -0.15) is 4.98 Å². The van der Waals surface area contributed by atoms with Gasteiger partial charge in [-0.1, -0.05) is 41.6 Å². The highest BCUT2D eigenvalue weighted by atomic mass is 16.5. The minimum Gasteiger partial charge on any atom is -0.378 e. The maximum absolute atomic E-state index is 5.46. The molecule has 0 bridgehead atoms. The Hall–Kier alpha value is -2.24. The minimum absolute atomic E-state index is 0.00577. The highest BCUT2D eigenvalue weighted by molar-refractivity contribution is 5.94. The van der Waals surface area contributed by atoms with Gasteiger partial charge >= 0.3 is 0 Å². The summed E-state index contributed by atoms with van der Waals surface area (Å²) in [5, 5.41) is 9.70. The minimum atomic E-state index is 0.00577. The molecule has 0 radical (unpaired) electrons. The molecule has 1 fully saturated rings. The molecule has 1 aromatic heterocycles. The summed E-state index contributed by atoms with van der Waals surface area (Å²) < 4.78 is 10.9. The highest BCUT2D eigenvalue weighted by Crippen LogP contribution is 2.28. The summed E-state index contributed by atoms with van der Waals surface area (Å²) in [6.07, 6.45) is 0. The van der Waals surface area contributed by atoms with Crippen LogP contribution in [0.1, 0.15) is 11.9 Å². The van der Waals surface area contributed by atoms with E-state index in [1.807, 2.05) is 24.3 Å². The number of ether oxygens (including phenoxy) is 1. The van der Waals surface area contributed by atoms with Crippen LogP contribution in [0.25, 0.3) is 22.2 Å². The van der Waals surface area contributed by atoms with Gasteiger partial charge < -0.3 is 14.6 Å². The van der Waals surface area contributed by atoms with Gasteiger partial charge in [0.2, 0.25) is 0 Å². The molecular weight excluding hydrogens is 266 g/mol. The first-order valence-electron chi connectivity index (χ1n) is 7.05. The van der Waals surface area contributed by atoms with Crippen molar-refractivity contribution in [3.63, 3.8) is 0 Å². The molecule has 2 heterocycles. The van der Waals surface area contributed by atoms with Crippen LogP contribution in [0.15, 0.2) is 47.0 Å². The normalized spacial score (nSPS) is 19.0. The number of nitrogens with zero attached hydrogens (tertiary/aromatic N) is 2. The number of hydrogen-bond acceptors (Lipinski definition) is 5. The van der Waals surface area contributed by atoms with Crippen LogP contribution in [0.5, 0.6) is 0 Å². The lowest BCUT2D eigenvalue weighted by molar-refractivity contribution is 0.0734. The topological polar surface area (TPSA) is 60.2 Å². The van der Waals surface area contributed by atoms with Crippen molar-refractivity contribution in [1.29, 1.82) is 0 Å². The molecule has 1 N–H and O–H groups in total. The summed E-state index contributed by atoms with van der Waals surface area (Å²) in [6.45, 7) is 2.11. The molecule has 0 spiro atoms. The summed E-state index contributed by atoms with van der Waals surface area (Å²) in [6, 6.07) is 14.3. The Balaban J connectivity index is 1.74. The lowest BCUT2D eigenvalue weighted by atomic mass is 10.0. The number of fused-ring (bicyclic) bond motifs is 1. The SMILES string of the molecule is c1ccc2c(-c3nc(C4COCCN4)no3)cccc2c1. The molecule has 3 aromatic rings. The van der Waals surface area contributed by atoms with Crippen molar-refractivity contribution >= 4 is 10.8 Å². The highest BCUT2D eigenvalue weighted by Gasteiger charge is 2.21. The van der Waals surface area contributed by atoms with Gasteiger partial charge in [0.15, 0.2) is 5.82 Å². The number of aromatic nitrogens is 2. The summed E-state index contributed by atoms with van der Waals surface area (Å²) in [4.78, 5) is 4.53. The second-order valence-electron chi connectivity index (χ2n) is 5.07. The molecule has 106 valence electrons. The van der Waals surface area contributed by atoms with Crippen molar-refractivity contribution in [1.82, 2.24) is 15.5 Å². The lowest BCUT2D eigenvalue weighted by Crippen LogP contribution is -2.35. The van der Waals surface area contributed by atoms with E-state index in [1.54, 1.807) is 0 Å². The third-order valence-electron chi connectivity index (χ3n) is 3.70. The lowest BCUT2D eigenvalue weighted by Gasteiger charge is -2.20. The summed E-state index contributed by atoms with van der Waals surface area (Å²) >= 11 is 0. The van der Waals surface area contributed by atoms with Gasteiger partial charge in [0.05, 0.1) is 19.3 Å². The fraction of sp³-hybridized carbons (Fsp3) is 0.250. The molecule has 21 heavy (non-hydrogen) atoms. The predicted octanol–water partition coefficient (Wildman–Crippen LogP) is 2.55. The Kier molecular flexibility index (Phi) is 3.14. The molecule has 5 nitrogen and oxygen atoms in total. The van der Waals surface area contributed by atoms with Crippen molar-refractivity contribution in [2.45, 2.75) is 6.04 Å². The molecule has 4 rings (SSSR count). The Morgan fingerprint density at radius 1 is 1.10 bits per heavy atom. The first kappa shape index (κ1) is 12.5. The molecule has 1 atom stereocenters. The van der Waals surface area contributed by atoms with Crippen molar-refractivity contribution < 1.29 is 9.26 Å². The molecule has 5 heteroatoms. The third kappa shape index (κ3) is 2.30. The van der Waals surface area contributed by atoms with Gasteiger partial charge in [-0.15, -0.1) is 0 Å². The quantitative estimate of drug-likeness (QED) is 0.782. The molecule has 1 aliphatic rings. The van der Waals surface area contributed by atoms with Gasteiger partial charge in [-0.05, 0) is 16.8 Å². The molecular formula is C16H15N3O2. The van der Waals surface area contributed by atoms with E-state index in [1.165, 1.54) is 0 Å². The number of morpholine rings is 1. The fourth-order valence-corrected chi connectivity index (χ4v) is 2.63. The van der Waals surface area contributed by atoms with Gasteiger partial charge in [-0.25, -0.2) is 0 Å². The predicted molar refractivity (Wildman–Crippen MR) is 78.8 cm³/mol. The zero-order valence-corrected chi connectivity index (χ0v) is 11.5. The van der Waals surface area contributed by atoms with Crippen LogP contribution in [-0.2, 0) is 4.74 Å². The Morgan fingerprint density at radius 2 is 2.00 bits per heavy atom. The monoisotopic (exact) mass is 281 g/mol. The third-order valence-corrected chi connectivity index (χ3v) is 3.70. The summed E-state index contributed by atoms with van der Waals surface area (Å²) in [5.74, 6) is 1.20. The average molecular weight is 281 g/mol. The van der Waals surface area contributed by atoms with Crippen molar-refractivity contribution in [2.24, 2.45) is 0 Å². The molecule has 0 aliphatic carbocycles. The second-order valence-corrected chi connectivity index (χ2v) is 5.07. The Labute approximate surface area is 121 Å². The van der Waals surface area contributed by atoms with Gasteiger partial charge in [0.1, 0.15) is 0 Å². The molecule has 1 unspecified atom stereocenters. The molecule has 0 saturated carbocycles. The van der Waals surface area contributed by atoms with E-state index in [0.717, 1.165) is 29.5 Å². The number of hydrogen-bond donors (Lipinski definition) is 1. The largest absolute Gasteiger partial charge is 0.378 e. The van der Waals surface area contributed by atoms with Crippen LogP contribution in [0.3, 0.4) is 0 Å². The number of nitrogens with one attached hydrogen (secondary N) is 1. The second kappa shape index (κ2) is 5.27. The van der Waals surface area contributed by atoms with E-state index in [0.29, 0.717) is 18.3 Å². The van der Waals surface area contributed by atoms with Crippen molar-refractivity contribution in [3.8, 4) is 11.5 Å². The van der Waals surface area contributed by atoms with Crippen LogP contribution < -0.4 is 5.32 Å². The van der Waals surface area contributed by atoms with E-state index in [4.69, 9.17) is 9.26 Å². The van der Waals surface area contributed by atoms with E-state index >= 15 is 0 Å². The first-order chi connectivity index (χ1) is 10.4. The van der Waals surface area contributed by atoms with Gasteiger partial charge in [0.25, 0.3) is 5.89 Å². The number of rotatable bonds is 2. The maximum Gasteiger partial charge on any atom is 0.258 e. The fourth-order valence-electron chi connectivity index (χ4n) is 2.63. The standard InChI is InChI=1S/C16H15N3O2/c1-2-6-12-11(4-1)5-3-7-13(12)16-18-15(19-21-16)14-10-20-9-8-17-14/h1-7,14,17H,8-10H2. The van der Waals surface area contributed by atoms with E-state index in [-0.39, 0.29) is 6.04 Å². The molecule has 0 amide bonds. The van der Waals surface area contributed by atoms with Crippen LogP contribution in [-0.4, -0.2) is 29.9 Å². The average Bonchev–Trinajstić information content (AvgIpc) is 3.05. The van der Waals surface area contributed by atoms with Crippen LogP contribution in [0, 0.1) is 0 Å². The van der Waals surface area contributed by atoms with E-state index in [2.05, 4.69) is 33.7 Å². The molecule has 2 aromatic carbocycles. The zero-order chi connectivity index (χ0) is 14.1. The molecule has 1 aliphatic heterocycles. The maximum atomic E-state index is 5.46. The summed E-state index contributed by atoms with van der Waals surface area (Å²) in [5.41, 5.74) is 0.962. The van der Waals surface area contributed by atoms with Crippen LogP contribution >= 0.6 is 0 Å². The zero-order valence-electron chi connectivity index (χ0n) is 11.5. The van der Waals surface area contributed by atoms with Crippen molar-refractivity contribution in [3.05, 3.63) is 48.3 Å². The van der Waals surface area contributed by atoms with E-state index < -0.39 is 0 Å².